The molecule has 1 aliphatic rings. The molecule has 4 rings (SSSR count). The standard InChI is InChI=1S/C27H26BrFN2OS/c1-27(2,3)19-8-10-21-22(14-30)26(33-25(21)13-19)31-15-18-12-20(28)9-11-24(18)32-16-17-6-4-5-7-23(17)29/h4-7,9,11-12,15,19H,8,10,13,16H2,1-3H3/t19-/m1/s1. The summed E-state index contributed by atoms with van der Waals surface area (Å²) in [5.41, 5.74) is 3.37. The third-order valence-electron chi connectivity index (χ3n) is 6.22. The Kier molecular flexibility index (Phi) is 7.02. The Bertz CT molecular complexity index is 1240. The molecule has 0 amide bonds. The molecule has 2 aromatic carbocycles. The van der Waals surface area contributed by atoms with Gasteiger partial charge in [0.2, 0.25) is 0 Å². The summed E-state index contributed by atoms with van der Waals surface area (Å²) in [6.45, 7) is 6.99. The van der Waals surface area contributed by atoms with Crippen LogP contribution in [0.25, 0.3) is 0 Å². The van der Waals surface area contributed by atoms with Crippen molar-refractivity contribution in [2.45, 2.75) is 46.6 Å². The lowest BCUT2D eigenvalue weighted by Gasteiger charge is -2.33. The number of thiophene rings is 1. The second-order valence-corrected chi connectivity index (χ2v) is 11.4. The van der Waals surface area contributed by atoms with Gasteiger partial charge in [0.1, 0.15) is 29.2 Å². The zero-order valence-corrected chi connectivity index (χ0v) is 21.4. The van der Waals surface area contributed by atoms with Crippen LogP contribution in [0.4, 0.5) is 9.39 Å². The first kappa shape index (κ1) is 23.7. The Labute approximate surface area is 207 Å². The number of rotatable bonds is 5. The van der Waals surface area contributed by atoms with Crippen molar-refractivity contribution in [3.63, 3.8) is 0 Å². The van der Waals surface area contributed by atoms with Gasteiger partial charge in [0, 0.05) is 26.7 Å². The Morgan fingerprint density at radius 1 is 1.27 bits per heavy atom. The maximum atomic E-state index is 14.0. The molecular weight excluding hydrogens is 499 g/mol. The zero-order valence-electron chi connectivity index (χ0n) is 19.0. The first-order valence-corrected chi connectivity index (χ1v) is 12.6. The molecule has 0 saturated heterocycles. The number of halogens is 2. The molecule has 1 atom stereocenters. The maximum absolute atomic E-state index is 14.0. The smallest absolute Gasteiger partial charge is 0.134 e. The van der Waals surface area contributed by atoms with Crippen molar-refractivity contribution >= 4 is 38.5 Å². The van der Waals surface area contributed by atoms with Crippen LogP contribution in [0, 0.1) is 28.5 Å². The van der Waals surface area contributed by atoms with Gasteiger partial charge in [-0.25, -0.2) is 9.38 Å². The van der Waals surface area contributed by atoms with Gasteiger partial charge >= 0.3 is 0 Å². The fourth-order valence-electron chi connectivity index (χ4n) is 4.17. The van der Waals surface area contributed by atoms with E-state index in [2.05, 4.69) is 42.8 Å². The van der Waals surface area contributed by atoms with E-state index in [1.165, 1.54) is 16.5 Å². The summed E-state index contributed by atoms with van der Waals surface area (Å²) in [6.07, 6.45) is 4.77. The Morgan fingerprint density at radius 2 is 2.06 bits per heavy atom. The minimum Gasteiger partial charge on any atom is -0.488 e. The van der Waals surface area contributed by atoms with Crippen molar-refractivity contribution in [1.82, 2.24) is 0 Å². The van der Waals surface area contributed by atoms with Crippen LogP contribution in [0.2, 0.25) is 0 Å². The largest absolute Gasteiger partial charge is 0.488 e. The molecule has 0 N–H and O–H groups in total. The Hall–Kier alpha value is -2.49. The molecule has 0 saturated carbocycles. The van der Waals surface area contributed by atoms with E-state index in [-0.39, 0.29) is 17.8 Å². The SMILES string of the molecule is CC(C)(C)[C@@H]1CCc2c(sc(N=Cc3cc(Br)ccc3OCc3ccccc3F)c2C#N)C1. The molecule has 33 heavy (non-hydrogen) atoms. The number of nitrogens with zero attached hydrogens (tertiary/aromatic N) is 2. The maximum Gasteiger partial charge on any atom is 0.134 e. The number of benzene rings is 2. The number of aliphatic imine (C=N–C) groups is 1. The van der Waals surface area contributed by atoms with Gasteiger partial charge in [0.05, 0.1) is 5.56 Å². The van der Waals surface area contributed by atoms with Gasteiger partial charge in [-0.15, -0.1) is 11.3 Å². The minimum absolute atomic E-state index is 0.125. The van der Waals surface area contributed by atoms with Crippen LogP contribution in [0.15, 0.2) is 51.9 Å². The summed E-state index contributed by atoms with van der Waals surface area (Å²) in [6, 6.07) is 14.6. The molecule has 1 aliphatic carbocycles. The summed E-state index contributed by atoms with van der Waals surface area (Å²) in [5.74, 6) is 0.925. The van der Waals surface area contributed by atoms with Gasteiger partial charge in [-0.1, -0.05) is 54.9 Å². The molecule has 0 radical (unpaired) electrons. The number of nitriles is 1. The van der Waals surface area contributed by atoms with Crippen LogP contribution in [0.1, 0.15) is 54.3 Å². The van der Waals surface area contributed by atoms with Gasteiger partial charge in [-0.2, -0.15) is 5.26 Å². The monoisotopic (exact) mass is 524 g/mol. The predicted molar refractivity (Wildman–Crippen MR) is 136 cm³/mol. The van der Waals surface area contributed by atoms with Crippen LogP contribution in [-0.2, 0) is 19.4 Å². The van der Waals surface area contributed by atoms with Crippen molar-refractivity contribution in [1.29, 1.82) is 5.26 Å². The first-order chi connectivity index (χ1) is 15.8. The minimum atomic E-state index is -0.291. The summed E-state index contributed by atoms with van der Waals surface area (Å²) in [4.78, 5) is 6.00. The van der Waals surface area contributed by atoms with Crippen molar-refractivity contribution in [2.75, 3.05) is 0 Å². The average Bonchev–Trinajstić information content (AvgIpc) is 3.14. The molecule has 0 unspecified atom stereocenters. The molecule has 170 valence electrons. The van der Waals surface area contributed by atoms with Gasteiger partial charge in [0.15, 0.2) is 0 Å². The van der Waals surface area contributed by atoms with Gasteiger partial charge < -0.3 is 4.74 Å². The van der Waals surface area contributed by atoms with Gasteiger partial charge in [-0.3, -0.25) is 0 Å². The number of ether oxygens (including phenoxy) is 1. The topological polar surface area (TPSA) is 45.4 Å². The summed E-state index contributed by atoms with van der Waals surface area (Å²) in [7, 11) is 0. The second kappa shape index (κ2) is 9.79. The van der Waals surface area contributed by atoms with Crippen molar-refractivity contribution < 1.29 is 9.13 Å². The van der Waals surface area contributed by atoms with Crippen LogP contribution in [0.3, 0.4) is 0 Å². The van der Waals surface area contributed by atoms with Crippen LogP contribution >= 0.6 is 27.3 Å². The van der Waals surface area contributed by atoms with E-state index in [1.54, 1.807) is 35.8 Å². The first-order valence-electron chi connectivity index (χ1n) is 11.0. The highest BCUT2D eigenvalue weighted by Gasteiger charge is 2.32. The van der Waals surface area contributed by atoms with E-state index in [0.717, 1.165) is 34.3 Å². The quantitative estimate of drug-likeness (QED) is 0.317. The number of hydrogen-bond acceptors (Lipinski definition) is 4. The van der Waals surface area contributed by atoms with E-state index in [4.69, 9.17) is 9.73 Å². The van der Waals surface area contributed by atoms with E-state index >= 15 is 0 Å². The molecule has 0 aliphatic heterocycles. The van der Waals surface area contributed by atoms with E-state index in [0.29, 0.717) is 22.8 Å². The summed E-state index contributed by atoms with van der Waals surface area (Å²) in [5, 5.41) is 10.6. The lowest BCUT2D eigenvalue weighted by atomic mass is 9.72. The van der Waals surface area contributed by atoms with E-state index in [9.17, 15) is 9.65 Å². The highest BCUT2D eigenvalue weighted by molar-refractivity contribution is 9.10. The predicted octanol–water partition coefficient (Wildman–Crippen LogP) is 8.00. The highest BCUT2D eigenvalue weighted by Crippen LogP contribution is 2.45. The third-order valence-corrected chi connectivity index (χ3v) is 7.87. The Morgan fingerprint density at radius 3 is 2.79 bits per heavy atom. The van der Waals surface area contributed by atoms with Crippen molar-refractivity contribution in [2.24, 2.45) is 16.3 Å². The summed E-state index contributed by atoms with van der Waals surface area (Å²) < 4.78 is 20.8. The average molecular weight is 525 g/mol. The highest BCUT2D eigenvalue weighted by atomic mass is 79.9. The molecule has 0 spiro atoms. The normalized spacial score (nSPS) is 15.9. The molecule has 1 heterocycles. The molecule has 3 nitrogen and oxygen atoms in total. The lowest BCUT2D eigenvalue weighted by Crippen LogP contribution is -2.26. The molecule has 0 fully saturated rings. The second-order valence-electron chi connectivity index (χ2n) is 9.42. The fourth-order valence-corrected chi connectivity index (χ4v) is 5.77. The van der Waals surface area contributed by atoms with Crippen molar-refractivity contribution in [3.8, 4) is 11.8 Å². The molecule has 6 heteroatoms. The Balaban J connectivity index is 1.60. The van der Waals surface area contributed by atoms with Crippen LogP contribution in [0.5, 0.6) is 5.75 Å². The van der Waals surface area contributed by atoms with E-state index in [1.807, 2.05) is 18.2 Å². The number of hydrogen-bond donors (Lipinski definition) is 0. The molecule has 3 aromatic rings. The van der Waals surface area contributed by atoms with Gasteiger partial charge in [-0.05, 0) is 60.4 Å². The van der Waals surface area contributed by atoms with Crippen LogP contribution in [-0.4, -0.2) is 6.21 Å². The van der Waals surface area contributed by atoms with Crippen molar-refractivity contribution in [3.05, 3.63) is 79.9 Å². The number of fused-ring (bicyclic) bond motifs is 1. The summed E-state index contributed by atoms with van der Waals surface area (Å²) >= 11 is 5.13. The molecule has 0 bridgehead atoms. The van der Waals surface area contributed by atoms with Crippen LogP contribution < -0.4 is 4.74 Å². The van der Waals surface area contributed by atoms with E-state index < -0.39 is 0 Å². The third kappa shape index (κ3) is 5.37. The molecule has 1 aromatic heterocycles. The zero-order chi connectivity index (χ0) is 23.6. The molecular formula is C27H26BrFN2OS. The van der Waals surface area contributed by atoms with Gasteiger partial charge in [0.25, 0.3) is 0 Å². The lowest BCUT2D eigenvalue weighted by molar-refractivity contribution is 0.218. The fraction of sp³-hybridized carbons (Fsp3) is 0.333.